The zero-order valence-electron chi connectivity index (χ0n) is 15.9. The molecular weight excluding hydrogens is 507 g/mol. The zero-order valence-corrected chi connectivity index (χ0v) is 19.9. The number of carbonyl (C=O) groups excluding carboxylic acids is 1. The molecule has 1 aliphatic heterocycles. The molecule has 0 unspecified atom stereocenters. The Morgan fingerprint density at radius 1 is 1.07 bits per heavy atom. The lowest BCUT2D eigenvalue weighted by Crippen LogP contribution is -2.48. The smallest absolute Gasteiger partial charge is 0.240 e. The number of hydrogen-bond acceptors (Lipinski definition) is 5. The van der Waals surface area contributed by atoms with Crippen molar-refractivity contribution in [1.82, 2.24) is 9.88 Å². The number of hydrogen-bond donors (Lipinski definition) is 1. The fraction of sp³-hybridized carbons (Fsp3) is 0.238. The quantitative estimate of drug-likeness (QED) is 0.468. The molecule has 2 aromatic carbocycles. The van der Waals surface area contributed by atoms with Crippen LogP contribution in [0.1, 0.15) is 0 Å². The second-order valence-electron chi connectivity index (χ2n) is 6.95. The number of carbonyl (C=O) groups is 1. The molecule has 156 valence electrons. The summed E-state index contributed by atoms with van der Waals surface area (Å²) < 4.78 is 1.02. The second kappa shape index (κ2) is 9.66. The van der Waals surface area contributed by atoms with Gasteiger partial charge in [-0.05, 0) is 30.3 Å². The lowest BCUT2D eigenvalue weighted by molar-refractivity contribution is -0.117. The maximum Gasteiger partial charge on any atom is 0.240 e. The van der Waals surface area contributed by atoms with Crippen LogP contribution in [0.15, 0.2) is 52.3 Å². The number of nitrogens with zero attached hydrogens (tertiary/aromatic N) is 3. The van der Waals surface area contributed by atoms with Gasteiger partial charge >= 0.3 is 0 Å². The second-order valence-corrected chi connectivity index (χ2v) is 9.54. The third kappa shape index (κ3) is 5.34. The van der Waals surface area contributed by atoms with Crippen LogP contribution in [0.4, 0.5) is 10.8 Å². The summed E-state index contributed by atoms with van der Waals surface area (Å²) in [5.74, 6) is -0.0466. The van der Waals surface area contributed by atoms with E-state index in [-0.39, 0.29) is 5.91 Å². The molecule has 2 heterocycles. The van der Waals surface area contributed by atoms with Gasteiger partial charge in [0.1, 0.15) is 0 Å². The van der Waals surface area contributed by atoms with Gasteiger partial charge in [0.25, 0.3) is 0 Å². The SMILES string of the molecule is O=C(CN1CCN(c2ccc(Cl)c(Cl)c2)CC1)Nc1nc(-c2ccc(Br)cc2)cs1. The summed E-state index contributed by atoms with van der Waals surface area (Å²) in [4.78, 5) is 21.4. The van der Waals surface area contributed by atoms with Crippen molar-refractivity contribution in [2.24, 2.45) is 0 Å². The molecule has 0 bridgehead atoms. The number of thiazole rings is 1. The van der Waals surface area contributed by atoms with Gasteiger partial charge in [-0.25, -0.2) is 4.98 Å². The van der Waals surface area contributed by atoms with Gasteiger partial charge in [0.05, 0.1) is 22.3 Å². The van der Waals surface area contributed by atoms with E-state index < -0.39 is 0 Å². The molecule has 3 aromatic rings. The molecule has 4 rings (SSSR count). The Morgan fingerprint density at radius 3 is 2.50 bits per heavy atom. The standard InChI is InChI=1S/C21H19BrCl2N4OS/c22-15-3-1-14(2-4-15)19-13-30-21(25-19)26-20(29)12-27-7-9-28(10-8-27)16-5-6-17(23)18(24)11-16/h1-6,11,13H,7-10,12H2,(H,25,26,29). The fourth-order valence-corrected chi connectivity index (χ4v) is 4.58. The average molecular weight is 526 g/mol. The summed E-state index contributed by atoms with van der Waals surface area (Å²) in [6.45, 7) is 3.61. The van der Waals surface area contributed by atoms with E-state index in [0.29, 0.717) is 21.7 Å². The number of anilines is 2. The van der Waals surface area contributed by atoms with Crippen molar-refractivity contribution in [2.45, 2.75) is 0 Å². The number of amides is 1. The van der Waals surface area contributed by atoms with Crippen molar-refractivity contribution in [3.8, 4) is 11.3 Å². The molecule has 0 radical (unpaired) electrons. The van der Waals surface area contributed by atoms with Crippen LogP contribution in [-0.4, -0.2) is 48.5 Å². The third-order valence-corrected chi connectivity index (χ3v) is 6.92. The first kappa shape index (κ1) is 21.6. The van der Waals surface area contributed by atoms with Crippen LogP contribution in [0.2, 0.25) is 10.0 Å². The molecule has 5 nitrogen and oxygen atoms in total. The van der Waals surface area contributed by atoms with Crippen molar-refractivity contribution in [3.05, 3.63) is 62.4 Å². The minimum Gasteiger partial charge on any atom is -0.369 e. The summed E-state index contributed by atoms with van der Waals surface area (Å²) in [7, 11) is 0. The van der Waals surface area contributed by atoms with Gasteiger partial charge in [0, 0.05) is 47.3 Å². The van der Waals surface area contributed by atoms with Crippen LogP contribution in [0.25, 0.3) is 11.3 Å². The molecule has 1 saturated heterocycles. The van der Waals surface area contributed by atoms with Crippen molar-refractivity contribution >= 4 is 67.2 Å². The lowest BCUT2D eigenvalue weighted by atomic mass is 10.2. The van der Waals surface area contributed by atoms with Crippen LogP contribution >= 0.6 is 50.5 Å². The number of aromatic nitrogens is 1. The monoisotopic (exact) mass is 524 g/mol. The maximum atomic E-state index is 12.5. The molecule has 1 fully saturated rings. The Balaban J connectivity index is 1.28. The summed E-state index contributed by atoms with van der Waals surface area (Å²) >= 11 is 17.0. The van der Waals surface area contributed by atoms with E-state index in [4.69, 9.17) is 23.2 Å². The number of rotatable bonds is 5. The number of benzene rings is 2. The van der Waals surface area contributed by atoms with Crippen LogP contribution < -0.4 is 10.2 Å². The Hall–Kier alpha value is -1.64. The molecule has 1 N–H and O–H groups in total. The van der Waals surface area contributed by atoms with Crippen LogP contribution in [0.5, 0.6) is 0 Å². The van der Waals surface area contributed by atoms with Gasteiger partial charge in [-0.1, -0.05) is 51.3 Å². The molecule has 0 saturated carbocycles. The maximum absolute atomic E-state index is 12.5. The number of piperazine rings is 1. The Kier molecular flexibility index (Phi) is 6.95. The Labute approximate surface area is 197 Å². The van der Waals surface area contributed by atoms with Crippen molar-refractivity contribution in [3.63, 3.8) is 0 Å². The molecule has 9 heteroatoms. The van der Waals surface area contributed by atoms with E-state index in [1.54, 1.807) is 0 Å². The van der Waals surface area contributed by atoms with Gasteiger partial charge in [-0.2, -0.15) is 0 Å². The van der Waals surface area contributed by atoms with Crippen LogP contribution in [0, 0.1) is 0 Å². The average Bonchev–Trinajstić information content (AvgIpc) is 3.19. The van der Waals surface area contributed by atoms with Gasteiger partial charge in [0.15, 0.2) is 5.13 Å². The molecule has 30 heavy (non-hydrogen) atoms. The van der Waals surface area contributed by atoms with Crippen molar-refractivity contribution in [2.75, 3.05) is 42.9 Å². The van der Waals surface area contributed by atoms with Crippen LogP contribution in [-0.2, 0) is 4.79 Å². The van der Waals surface area contributed by atoms with E-state index in [9.17, 15) is 4.79 Å². The molecule has 0 spiro atoms. The zero-order chi connectivity index (χ0) is 21.1. The van der Waals surface area contributed by atoms with Gasteiger partial charge in [-0.3, -0.25) is 9.69 Å². The molecule has 0 aliphatic carbocycles. The molecular formula is C21H19BrCl2N4OS. The first-order valence-corrected chi connectivity index (χ1v) is 11.8. The van der Waals surface area contributed by atoms with Crippen LogP contribution in [0.3, 0.4) is 0 Å². The molecule has 0 atom stereocenters. The lowest BCUT2D eigenvalue weighted by Gasteiger charge is -2.35. The van der Waals surface area contributed by atoms with E-state index in [1.165, 1.54) is 11.3 Å². The van der Waals surface area contributed by atoms with Gasteiger partial charge < -0.3 is 10.2 Å². The predicted molar refractivity (Wildman–Crippen MR) is 129 cm³/mol. The largest absolute Gasteiger partial charge is 0.369 e. The normalized spacial score (nSPS) is 14.7. The predicted octanol–water partition coefficient (Wildman–Crippen LogP) is 5.64. The fourth-order valence-electron chi connectivity index (χ4n) is 3.29. The third-order valence-electron chi connectivity index (χ3n) is 4.90. The number of halogens is 3. The van der Waals surface area contributed by atoms with E-state index >= 15 is 0 Å². The highest BCUT2D eigenvalue weighted by atomic mass is 79.9. The Bertz CT molecular complexity index is 1040. The van der Waals surface area contributed by atoms with Gasteiger partial charge in [0.2, 0.25) is 5.91 Å². The first-order chi connectivity index (χ1) is 14.5. The summed E-state index contributed by atoms with van der Waals surface area (Å²) in [6.07, 6.45) is 0. The first-order valence-electron chi connectivity index (χ1n) is 9.41. The minimum absolute atomic E-state index is 0.0466. The van der Waals surface area contributed by atoms with Crippen molar-refractivity contribution in [1.29, 1.82) is 0 Å². The Morgan fingerprint density at radius 2 is 1.80 bits per heavy atom. The van der Waals surface area contributed by atoms with Gasteiger partial charge in [-0.15, -0.1) is 11.3 Å². The highest BCUT2D eigenvalue weighted by Crippen LogP contribution is 2.28. The van der Waals surface area contributed by atoms with E-state index in [1.807, 2.05) is 47.8 Å². The number of nitrogens with one attached hydrogen (secondary N) is 1. The molecule has 1 aromatic heterocycles. The summed E-state index contributed by atoms with van der Waals surface area (Å²) in [5.41, 5.74) is 2.93. The van der Waals surface area contributed by atoms with Crippen molar-refractivity contribution < 1.29 is 4.79 Å². The van der Waals surface area contributed by atoms with E-state index in [0.717, 1.165) is 47.6 Å². The summed E-state index contributed by atoms with van der Waals surface area (Å²) in [5, 5.41) is 6.60. The highest BCUT2D eigenvalue weighted by molar-refractivity contribution is 9.10. The van der Waals surface area contributed by atoms with E-state index in [2.05, 4.69) is 36.0 Å². The topological polar surface area (TPSA) is 48.5 Å². The highest BCUT2D eigenvalue weighted by Gasteiger charge is 2.20. The summed E-state index contributed by atoms with van der Waals surface area (Å²) in [6, 6.07) is 13.6. The molecule has 1 aliphatic rings. The molecule has 1 amide bonds. The minimum atomic E-state index is -0.0466.